The van der Waals surface area contributed by atoms with Crippen LogP contribution in [-0.2, 0) is 0 Å². The van der Waals surface area contributed by atoms with Crippen LogP contribution in [0.15, 0.2) is 121 Å². The Balaban J connectivity index is 1.39. The zero-order chi connectivity index (χ0) is 35.5. The number of urea groups is 1. The van der Waals surface area contributed by atoms with Crippen LogP contribution in [0.1, 0.15) is 41.4 Å². The molecular weight excluding hydrogens is 644 g/mol. The number of phenols is 2. The molecule has 50 heavy (non-hydrogen) atoms. The predicted molar refractivity (Wildman–Crippen MR) is 183 cm³/mol. The van der Waals surface area contributed by atoms with Gasteiger partial charge < -0.3 is 20.4 Å². The van der Waals surface area contributed by atoms with Crippen LogP contribution in [0.3, 0.4) is 0 Å². The fourth-order valence-electron chi connectivity index (χ4n) is 5.29. The van der Waals surface area contributed by atoms with Gasteiger partial charge in [0, 0.05) is 21.9 Å². The van der Waals surface area contributed by atoms with Gasteiger partial charge in [-0.25, -0.2) is 35.3 Å². The lowest BCUT2D eigenvalue weighted by molar-refractivity contribution is 0.0686. The summed E-state index contributed by atoms with van der Waals surface area (Å²) in [6.45, 7) is 0. The minimum absolute atomic E-state index is 0.0886. The summed E-state index contributed by atoms with van der Waals surface area (Å²) < 4.78 is 0. The molecule has 6 aromatic rings. The van der Waals surface area contributed by atoms with Crippen LogP contribution in [0.25, 0.3) is 21.5 Å². The standard InChI is InChI=1S/C37H26N4O9/c42-31-17-25(35(46)47)15-23-11-13-27(19-29(23)31)40(33(44)21-7-3-1-4-8-21)38-37(50)39-41(34(45)22-9-5-2-6-10-22)28-14-12-24-16-26(36(48)49)18-32(43)30(24)20-28/h1-20,42-43H,(H,46,47)(H,48,49)(H2,38,39,50). The molecule has 13 nitrogen and oxygen atoms in total. The molecule has 4 amide bonds. The summed E-state index contributed by atoms with van der Waals surface area (Å²) in [6, 6.07) is 28.4. The van der Waals surface area contributed by atoms with Gasteiger partial charge in [0.25, 0.3) is 11.8 Å². The summed E-state index contributed by atoms with van der Waals surface area (Å²) in [6.07, 6.45) is 0. The van der Waals surface area contributed by atoms with Gasteiger partial charge in [-0.3, -0.25) is 9.59 Å². The monoisotopic (exact) mass is 670 g/mol. The number of aromatic carboxylic acids is 2. The van der Waals surface area contributed by atoms with Crippen molar-refractivity contribution in [3.63, 3.8) is 0 Å². The summed E-state index contributed by atoms with van der Waals surface area (Å²) >= 11 is 0. The quantitative estimate of drug-likeness (QED) is 0.116. The number of carbonyl (C=O) groups is 5. The molecule has 0 bridgehead atoms. The molecule has 0 spiro atoms. The lowest BCUT2D eigenvalue weighted by Gasteiger charge is -2.28. The summed E-state index contributed by atoms with van der Waals surface area (Å²) in [4.78, 5) is 64.4. The molecule has 13 heteroatoms. The number of nitrogens with zero attached hydrogens (tertiary/aromatic N) is 2. The number of hydrogen-bond acceptors (Lipinski definition) is 7. The smallest absolute Gasteiger partial charge is 0.353 e. The number of anilines is 2. The molecule has 0 aliphatic rings. The van der Waals surface area contributed by atoms with Crippen LogP contribution in [0.2, 0.25) is 0 Å². The lowest BCUT2D eigenvalue weighted by Crippen LogP contribution is -2.56. The Morgan fingerprint density at radius 3 is 1.20 bits per heavy atom. The number of rotatable bonds is 6. The van der Waals surface area contributed by atoms with E-state index in [1.165, 1.54) is 72.8 Å². The maximum absolute atomic E-state index is 13.8. The van der Waals surface area contributed by atoms with Crippen LogP contribution in [-0.4, -0.2) is 50.2 Å². The molecule has 6 aromatic carbocycles. The number of nitrogens with one attached hydrogen (secondary N) is 2. The number of carbonyl (C=O) groups excluding carboxylic acids is 3. The molecule has 0 unspecified atom stereocenters. The third kappa shape index (κ3) is 6.55. The van der Waals surface area contributed by atoms with Crippen molar-refractivity contribution in [2.24, 2.45) is 0 Å². The fraction of sp³-hybridized carbons (Fsp3) is 0. The first-order valence-electron chi connectivity index (χ1n) is 14.9. The fourth-order valence-corrected chi connectivity index (χ4v) is 5.29. The third-order valence-electron chi connectivity index (χ3n) is 7.72. The molecule has 0 radical (unpaired) electrons. The topological polar surface area (TPSA) is 197 Å². The van der Waals surface area contributed by atoms with Crippen molar-refractivity contribution < 1.29 is 44.4 Å². The van der Waals surface area contributed by atoms with E-state index in [1.54, 1.807) is 36.4 Å². The summed E-state index contributed by atoms with van der Waals surface area (Å²) in [5, 5.41) is 43.0. The molecule has 0 atom stereocenters. The second kappa shape index (κ2) is 13.4. The van der Waals surface area contributed by atoms with Crippen LogP contribution < -0.4 is 20.9 Å². The maximum atomic E-state index is 13.8. The molecule has 0 aliphatic heterocycles. The minimum atomic E-state index is -1.24. The molecule has 0 aliphatic carbocycles. The van der Waals surface area contributed by atoms with E-state index in [2.05, 4.69) is 10.9 Å². The Labute approximate surface area is 282 Å². The highest BCUT2D eigenvalue weighted by molar-refractivity contribution is 6.11. The van der Waals surface area contributed by atoms with E-state index in [0.29, 0.717) is 10.8 Å². The van der Waals surface area contributed by atoms with E-state index in [1.807, 2.05) is 0 Å². The molecule has 6 rings (SSSR count). The second-order valence-corrected chi connectivity index (χ2v) is 11.0. The number of aromatic hydroxyl groups is 2. The Morgan fingerprint density at radius 2 is 0.840 bits per heavy atom. The van der Waals surface area contributed by atoms with Crippen LogP contribution in [0, 0.1) is 0 Å². The zero-order valence-electron chi connectivity index (χ0n) is 25.8. The van der Waals surface area contributed by atoms with Crippen molar-refractivity contribution in [3.8, 4) is 11.5 Å². The van der Waals surface area contributed by atoms with Crippen molar-refractivity contribution in [3.05, 3.63) is 144 Å². The first-order valence-corrected chi connectivity index (χ1v) is 14.9. The number of fused-ring (bicyclic) bond motifs is 2. The van der Waals surface area contributed by atoms with Gasteiger partial charge in [0.05, 0.1) is 22.5 Å². The van der Waals surface area contributed by atoms with E-state index in [4.69, 9.17) is 0 Å². The van der Waals surface area contributed by atoms with E-state index < -0.39 is 29.8 Å². The normalized spacial score (nSPS) is 10.7. The summed E-state index contributed by atoms with van der Waals surface area (Å²) in [5.41, 5.74) is 5.18. The van der Waals surface area contributed by atoms with E-state index in [9.17, 15) is 44.4 Å². The van der Waals surface area contributed by atoms with Gasteiger partial charge in [-0.1, -0.05) is 48.5 Å². The number of carboxylic acids is 2. The predicted octanol–water partition coefficient (Wildman–Crippen LogP) is 5.92. The number of hydrazine groups is 2. The van der Waals surface area contributed by atoms with E-state index in [0.717, 1.165) is 22.2 Å². The van der Waals surface area contributed by atoms with Crippen molar-refractivity contribution in [2.75, 3.05) is 10.0 Å². The van der Waals surface area contributed by atoms with E-state index in [-0.39, 0.29) is 55.9 Å². The van der Waals surface area contributed by atoms with Gasteiger partial charge in [0.2, 0.25) is 0 Å². The molecule has 0 saturated heterocycles. The van der Waals surface area contributed by atoms with Crippen LogP contribution in [0.5, 0.6) is 11.5 Å². The zero-order valence-corrected chi connectivity index (χ0v) is 25.8. The van der Waals surface area contributed by atoms with Gasteiger partial charge in [0.1, 0.15) is 11.5 Å². The summed E-state index contributed by atoms with van der Waals surface area (Å²) in [7, 11) is 0. The Hall–Kier alpha value is -7.41. The first-order chi connectivity index (χ1) is 24.0. The van der Waals surface area contributed by atoms with E-state index >= 15 is 0 Å². The van der Waals surface area contributed by atoms with Gasteiger partial charge in [-0.15, -0.1) is 0 Å². The molecule has 248 valence electrons. The second-order valence-electron chi connectivity index (χ2n) is 11.0. The Kier molecular flexibility index (Phi) is 8.70. The number of hydrogen-bond donors (Lipinski definition) is 6. The number of carboxylic acid groups (broad SMARTS) is 2. The minimum Gasteiger partial charge on any atom is -0.507 e. The maximum Gasteiger partial charge on any atom is 0.353 e. The van der Waals surface area contributed by atoms with Crippen molar-refractivity contribution >= 4 is 62.7 Å². The highest BCUT2D eigenvalue weighted by atomic mass is 16.4. The average Bonchev–Trinajstić information content (AvgIpc) is 3.12. The highest BCUT2D eigenvalue weighted by Gasteiger charge is 2.26. The van der Waals surface area contributed by atoms with Crippen LogP contribution >= 0.6 is 0 Å². The van der Waals surface area contributed by atoms with Gasteiger partial charge in [0.15, 0.2) is 0 Å². The summed E-state index contributed by atoms with van der Waals surface area (Å²) in [5.74, 6) is -4.60. The van der Waals surface area contributed by atoms with Gasteiger partial charge >= 0.3 is 18.0 Å². The molecule has 6 N–H and O–H groups in total. The van der Waals surface area contributed by atoms with Crippen molar-refractivity contribution in [2.45, 2.75) is 0 Å². The largest absolute Gasteiger partial charge is 0.507 e. The highest BCUT2D eigenvalue weighted by Crippen LogP contribution is 2.32. The molecule has 0 fully saturated rings. The van der Waals surface area contributed by atoms with Gasteiger partial charge in [-0.2, -0.15) is 0 Å². The Morgan fingerprint density at radius 1 is 0.460 bits per heavy atom. The SMILES string of the molecule is O=C(NN(C(=O)c1ccccc1)c1ccc2cc(C(=O)O)cc(O)c2c1)NN(C(=O)c1ccccc1)c1ccc2cc(C(=O)O)cc(O)c2c1. The molecule has 0 saturated carbocycles. The Bertz CT molecular complexity index is 2170. The van der Waals surface area contributed by atoms with Crippen molar-refractivity contribution in [1.29, 1.82) is 0 Å². The number of phenolic OH excluding ortho intramolecular Hbond substituents is 2. The van der Waals surface area contributed by atoms with Crippen LogP contribution in [0.4, 0.5) is 16.2 Å². The number of benzene rings is 6. The number of amides is 4. The third-order valence-corrected chi connectivity index (χ3v) is 7.72. The first kappa shape index (κ1) is 32.5. The molecular formula is C37H26N4O9. The molecule has 0 aromatic heterocycles. The lowest BCUT2D eigenvalue weighted by atomic mass is 10.0. The van der Waals surface area contributed by atoms with Gasteiger partial charge in [-0.05, 0) is 83.6 Å². The molecule has 0 heterocycles. The van der Waals surface area contributed by atoms with Crippen molar-refractivity contribution in [1.82, 2.24) is 10.9 Å². The average molecular weight is 671 g/mol.